The van der Waals surface area contributed by atoms with Crippen molar-refractivity contribution in [2.75, 3.05) is 6.54 Å². The van der Waals surface area contributed by atoms with E-state index in [1.807, 2.05) is 6.07 Å². The van der Waals surface area contributed by atoms with Gasteiger partial charge >= 0.3 is 0 Å². The Kier molecular flexibility index (Phi) is 3.03. The van der Waals surface area contributed by atoms with Crippen molar-refractivity contribution in [2.24, 2.45) is 0 Å². The first kappa shape index (κ1) is 8.82. The van der Waals surface area contributed by atoms with Gasteiger partial charge in [-0.25, -0.2) is 0 Å². The standard InChI is InChI=1S/C11H17NO/c1-2-8-12-10(4-1)6-7-11-5-3-9-13-11/h3,5,9-10,12H,1-2,4,6-8H2. The van der Waals surface area contributed by atoms with Gasteiger partial charge in [0.05, 0.1) is 6.26 Å². The van der Waals surface area contributed by atoms with Crippen molar-refractivity contribution in [1.29, 1.82) is 0 Å². The summed E-state index contributed by atoms with van der Waals surface area (Å²) in [6.45, 7) is 1.20. The van der Waals surface area contributed by atoms with Gasteiger partial charge in [-0.3, -0.25) is 0 Å². The molecule has 1 atom stereocenters. The Balaban J connectivity index is 1.72. The number of hydrogen-bond acceptors (Lipinski definition) is 2. The molecule has 0 aliphatic carbocycles. The molecular formula is C11H17NO. The average Bonchev–Trinajstić information content (AvgIpc) is 2.69. The highest BCUT2D eigenvalue weighted by molar-refractivity contribution is 4.98. The third-order valence-corrected chi connectivity index (χ3v) is 2.73. The maximum absolute atomic E-state index is 5.30. The number of nitrogens with one attached hydrogen (secondary N) is 1. The summed E-state index contributed by atoms with van der Waals surface area (Å²) in [5, 5.41) is 3.54. The number of rotatable bonds is 3. The van der Waals surface area contributed by atoms with Gasteiger partial charge in [-0.15, -0.1) is 0 Å². The van der Waals surface area contributed by atoms with Gasteiger partial charge in [0, 0.05) is 12.5 Å². The Morgan fingerprint density at radius 3 is 3.15 bits per heavy atom. The lowest BCUT2D eigenvalue weighted by molar-refractivity contribution is 0.371. The van der Waals surface area contributed by atoms with Crippen LogP contribution in [0.2, 0.25) is 0 Å². The minimum Gasteiger partial charge on any atom is -0.469 e. The predicted octanol–water partition coefficient (Wildman–Crippen LogP) is 2.35. The molecule has 1 saturated heterocycles. The molecule has 1 fully saturated rings. The molecule has 2 rings (SSSR count). The van der Waals surface area contributed by atoms with E-state index in [1.165, 1.54) is 32.2 Å². The first-order chi connectivity index (χ1) is 6.45. The topological polar surface area (TPSA) is 25.2 Å². The largest absolute Gasteiger partial charge is 0.469 e. The second-order valence-electron chi connectivity index (χ2n) is 3.76. The fourth-order valence-corrected chi connectivity index (χ4v) is 1.94. The summed E-state index contributed by atoms with van der Waals surface area (Å²) in [7, 11) is 0. The van der Waals surface area contributed by atoms with Crippen molar-refractivity contribution in [1.82, 2.24) is 5.32 Å². The minimum absolute atomic E-state index is 0.721. The molecule has 0 bridgehead atoms. The highest BCUT2D eigenvalue weighted by Gasteiger charge is 2.12. The molecular weight excluding hydrogens is 162 g/mol. The van der Waals surface area contributed by atoms with Gasteiger partial charge in [0.1, 0.15) is 5.76 Å². The first-order valence-corrected chi connectivity index (χ1v) is 5.21. The maximum Gasteiger partial charge on any atom is 0.103 e. The summed E-state index contributed by atoms with van der Waals surface area (Å²) < 4.78 is 5.30. The molecule has 2 heteroatoms. The summed E-state index contributed by atoms with van der Waals surface area (Å²) in [6.07, 6.45) is 8.11. The maximum atomic E-state index is 5.30. The smallest absolute Gasteiger partial charge is 0.103 e. The summed E-state index contributed by atoms with van der Waals surface area (Å²) in [6, 6.07) is 4.74. The van der Waals surface area contributed by atoms with Gasteiger partial charge in [-0.05, 0) is 37.9 Å². The molecule has 1 aliphatic heterocycles. The van der Waals surface area contributed by atoms with Crippen LogP contribution < -0.4 is 5.32 Å². The lowest BCUT2D eigenvalue weighted by atomic mass is 10.00. The van der Waals surface area contributed by atoms with Crippen molar-refractivity contribution < 1.29 is 4.42 Å². The molecule has 2 heterocycles. The quantitative estimate of drug-likeness (QED) is 0.770. The molecule has 1 aliphatic rings. The highest BCUT2D eigenvalue weighted by Crippen LogP contribution is 2.13. The van der Waals surface area contributed by atoms with Crippen molar-refractivity contribution in [3.8, 4) is 0 Å². The van der Waals surface area contributed by atoms with Crippen molar-refractivity contribution >= 4 is 0 Å². The van der Waals surface area contributed by atoms with Gasteiger partial charge in [0.2, 0.25) is 0 Å². The molecule has 0 amide bonds. The molecule has 0 saturated carbocycles. The zero-order valence-electron chi connectivity index (χ0n) is 7.96. The van der Waals surface area contributed by atoms with Crippen LogP contribution in [0, 0.1) is 0 Å². The zero-order valence-corrected chi connectivity index (χ0v) is 7.96. The fraction of sp³-hybridized carbons (Fsp3) is 0.636. The lowest BCUT2D eigenvalue weighted by Crippen LogP contribution is -2.34. The Morgan fingerprint density at radius 1 is 1.46 bits per heavy atom. The molecule has 2 nitrogen and oxygen atoms in total. The van der Waals surface area contributed by atoms with E-state index in [1.54, 1.807) is 6.26 Å². The molecule has 72 valence electrons. The molecule has 13 heavy (non-hydrogen) atoms. The van der Waals surface area contributed by atoms with Crippen LogP contribution in [0.5, 0.6) is 0 Å². The molecule has 1 N–H and O–H groups in total. The van der Waals surface area contributed by atoms with E-state index >= 15 is 0 Å². The van der Waals surface area contributed by atoms with E-state index in [4.69, 9.17) is 4.42 Å². The summed E-state index contributed by atoms with van der Waals surface area (Å²) in [5.74, 6) is 1.12. The van der Waals surface area contributed by atoms with Gasteiger partial charge in [0.15, 0.2) is 0 Å². The number of piperidine rings is 1. The summed E-state index contributed by atoms with van der Waals surface area (Å²) in [4.78, 5) is 0. The number of hydrogen-bond donors (Lipinski definition) is 1. The normalized spacial score (nSPS) is 23.2. The van der Waals surface area contributed by atoms with Crippen LogP contribution in [0.15, 0.2) is 22.8 Å². The van der Waals surface area contributed by atoms with Crippen LogP contribution in [0.1, 0.15) is 31.4 Å². The van der Waals surface area contributed by atoms with E-state index in [9.17, 15) is 0 Å². The Labute approximate surface area is 79.3 Å². The van der Waals surface area contributed by atoms with Gasteiger partial charge < -0.3 is 9.73 Å². The van der Waals surface area contributed by atoms with E-state index in [-0.39, 0.29) is 0 Å². The van der Waals surface area contributed by atoms with Crippen LogP contribution in [0.4, 0.5) is 0 Å². The third-order valence-electron chi connectivity index (χ3n) is 2.73. The fourth-order valence-electron chi connectivity index (χ4n) is 1.94. The Hall–Kier alpha value is -0.760. The molecule has 0 aromatic carbocycles. The molecule has 1 unspecified atom stereocenters. The summed E-state index contributed by atoms with van der Waals surface area (Å²) >= 11 is 0. The van der Waals surface area contributed by atoms with Gasteiger partial charge in [0.25, 0.3) is 0 Å². The van der Waals surface area contributed by atoms with Crippen molar-refractivity contribution in [3.63, 3.8) is 0 Å². The predicted molar refractivity (Wildman–Crippen MR) is 52.7 cm³/mol. The Bertz CT molecular complexity index is 224. The number of furan rings is 1. The SMILES string of the molecule is c1coc(CCC2CCCCN2)c1. The van der Waals surface area contributed by atoms with E-state index in [0.717, 1.165) is 18.2 Å². The minimum atomic E-state index is 0.721. The van der Waals surface area contributed by atoms with E-state index in [0.29, 0.717) is 0 Å². The zero-order chi connectivity index (χ0) is 8.93. The first-order valence-electron chi connectivity index (χ1n) is 5.21. The molecule has 1 aromatic rings. The number of aryl methyl sites for hydroxylation is 1. The van der Waals surface area contributed by atoms with Crippen LogP contribution in [-0.4, -0.2) is 12.6 Å². The van der Waals surface area contributed by atoms with Crippen molar-refractivity contribution in [2.45, 2.75) is 38.1 Å². The third kappa shape index (κ3) is 2.59. The Morgan fingerprint density at radius 2 is 2.46 bits per heavy atom. The molecule has 0 radical (unpaired) electrons. The second kappa shape index (κ2) is 4.47. The van der Waals surface area contributed by atoms with Crippen LogP contribution in [-0.2, 0) is 6.42 Å². The van der Waals surface area contributed by atoms with Gasteiger partial charge in [-0.1, -0.05) is 6.42 Å². The average molecular weight is 179 g/mol. The van der Waals surface area contributed by atoms with Crippen molar-refractivity contribution in [3.05, 3.63) is 24.2 Å². The van der Waals surface area contributed by atoms with E-state index < -0.39 is 0 Å². The lowest BCUT2D eigenvalue weighted by Gasteiger charge is -2.22. The van der Waals surface area contributed by atoms with Crippen LogP contribution in [0.3, 0.4) is 0 Å². The van der Waals surface area contributed by atoms with Crippen LogP contribution in [0.25, 0.3) is 0 Å². The highest BCUT2D eigenvalue weighted by atomic mass is 16.3. The summed E-state index contributed by atoms with van der Waals surface area (Å²) in [5.41, 5.74) is 0. The van der Waals surface area contributed by atoms with Gasteiger partial charge in [-0.2, -0.15) is 0 Å². The monoisotopic (exact) mass is 179 g/mol. The second-order valence-corrected chi connectivity index (χ2v) is 3.76. The molecule has 0 spiro atoms. The molecule has 1 aromatic heterocycles. The van der Waals surface area contributed by atoms with Crippen LogP contribution >= 0.6 is 0 Å². The van der Waals surface area contributed by atoms with E-state index in [2.05, 4.69) is 11.4 Å².